The van der Waals surface area contributed by atoms with Gasteiger partial charge in [0.15, 0.2) is 0 Å². The Morgan fingerprint density at radius 3 is 3.13 bits per heavy atom. The predicted molar refractivity (Wildman–Crippen MR) is 60.0 cm³/mol. The number of morpholine rings is 1. The molecule has 1 fully saturated rings. The molecule has 0 bridgehead atoms. The van der Waals surface area contributed by atoms with Gasteiger partial charge in [-0.15, -0.1) is 0 Å². The Balaban J connectivity index is 2.05. The number of rotatable bonds is 0. The molecule has 15 heavy (non-hydrogen) atoms. The first-order chi connectivity index (χ1) is 7.30. The Morgan fingerprint density at radius 1 is 1.40 bits per heavy atom. The molecule has 0 aromatic heterocycles. The van der Waals surface area contributed by atoms with E-state index in [4.69, 9.17) is 4.74 Å². The zero-order valence-electron chi connectivity index (χ0n) is 9.18. The minimum absolute atomic E-state index is 0.0143. The van der Waals surface area contributed by atoms with Gasteiger partial charge in [0.2, 0.25) is 0 Å². The highest BCUT2D eigenvalue weighted by Gasteiger charge is 2.40. The third kappa shape index (κ3) is 1.40. The van der Waals surface area contributed by atoms with Crippen molar-refractivity contribution in [3.05, 3.63) is 34.9 Å². The van der Waals surface area contributed by atoms with Crippen LogP contribution in [-0.4, -0.2) is 19.7 Å². The van der Waals surface area contributed by atoms with Crippen LogP contribution in [0.25, 0.3) is 0 Å². The minimum Gasteiger partial charge on any atom is -0.368 e. The van der Waals surface area contributed by atoms with Gasteiger partial charge >= 0.3 is 0 Å². The molecular weight excluding hydrogens is 186 g/mol. The first-order valence-electron chi connectivity index (χ1n) is 5.75. The van der Waals surface area contributed by atoms with Gasteiger partial charge in [-0.3, -0.25) is 0 Å². The van der Waals surface area contributed by atoms with E-state index < -0.39 is 0 Å². The highest BCUT2D eigenvalue weighted by atomic mass is 16.5. The summed E-state index contributed by atoms with van der Waals surface area (Å²) in [6.07, 6.45) is 2.30. The predicted octanol–water partition coefficient (Wildman–Crippen LogP) is 1.76. The molecule has 1 spiro atoms. The molecule has 2 aliphatic rings. The lowest BCUT2D eigenvalue weighted by atomic mass is 9.93. The van der Waals surface area contributed by atoms with E-state index in [9.17, 15) is 0 Å². The summed E-state index contributed by atoms with van der Waals surface area (Å²) >= 11 is 0. The van der Waals surface area contributed by atoms with Crippen molar-refractivity contribution < 1.29 is 4.74 Å². The molecule has 0 saturated carbocycles. The second-order valence-corrected chi connectivity index (χ2v) is 4.68. The van der Waals surface area contributed by atoms with Crippen molar-refractivity contribution in [3.63, 3.8) is 0 Å². The molecule has 1 N–H and O–H groups in total. The maximum absolute atomic E-state index is 6.05. The van der Waals surface area contributed by atoms with E-state index in [0.717, 1.165) is 32.5 Å². The maximum atomic E-state index is 6.05. The molecular formula is C13H17NO. The fourth-order valence-corrected chi connectivity index (χ4v) is 2.80. The molecule has 1 atom stereocenters. The van der Waals surface area contributed by atoms with Gasteiger partial charge in [0, 0.05) is 13.1 Å². The van der Waals surface area contributed by atoms with Gasteiger partial charge in [0.1, 0.15) is 5.60 Å². The van der Waals surface area contributed by atoms with Crippen molar-refractivity contribution in [3.8, 4) is 0 Å². The molecule has 0 radical (unpaired) electrons. The largest absolute Gasteiger partial charge is 0.368 e. The SMILES string of the molecule is Cc1ccc2c(c1)C1(CC2)CNCCO1. The summed E-state index contributed by atoms with van der Waals surface area (Å²) in [6, 6.07) is 6.76. The van der Waals surface area contributed by atoms with Crippen LogP contribution in [0.4, 0.5) is 0 Å². The van der Waals surface area contributed by atoms with E-state index >= 15 is 0 Å². The number of aryl methyl sites for hydroxylation is 2. The van der Waals surface area contributed by atoms with E-state index in [1.54, 1.807) is 0 Å². The van der Waals surface area contributed by atoms with E-state index in [1.807, 2.05) is 0 Å². The van der Waals surface area contributed by atoms with Gasteiger partial charge in [-0.2, -0.15) is 0 Å². The highest BCUT2D eigenvalue weighted by Crippen LogP contribution is 2.40. The third-order valence-electron chi connectivity index (χ3n) is 3.62. The van der Waals surface area contributed by atoms with Gasteiger partial charge in [-0.1, -0.05) is 23.8 Å². The van der Waals surface area contributed by atoms with Crippen molar-refractivity contribution in [2.75, 3.05) is 19.7 Å². The number of fused-ring (bicyclic) bond motifs is 2. The van der Waals surface area contributed by atoms with Crippen molar-refractivity contribution in [1.82, 2.24) is 5.32 Å². The van der Waals surface area contributed by atoms with Crippen LogP contribution in [0.15, 0.2) is 18.2 Å². The van der Waals surface area contributed by atoms with Crippen LogP contribution in [0.3, 0.4) is 0 Å². The van der Waals surface area contributed by atoms with Gasteiger partial charge in [-0.25, -0.2) is 0 Å². The lowest BCUT2D eigenvalue weighted by Crippen LogP contribution is -2.46. The molecule has 1 aliphatic heterocycles. The molecule has 1 aliphatic carbocycles. The van der Waals surface area contributed by atoms with Crippen LogP contribution in [0.5, 0.6) is 0 Å². The van der Waals surface area contributed by atoms with Crippen molar-refractivity contribution in [2.45, 2.75) is 25.4 Å². The van der Waals surface area contributed by atoms with E-state index in [0.29, 0.717) is 0 Å². The molecule has 1 aromatic carbocycles. The smallest absolute Gasteiger partial charge is 0.106 e. The Labute approximate surface area is 90.6 Å². The number of hydrogen-bond acceptors (Lipinski definition) is 2. The fourth-order valence-electron chi connectivity index (χ4n) is 2.80. The Hall–Kier alpha value is -0.860. The second-order valence-electron chi connectivity index (χ2n) is 4.68. The van der Waals surface area contributed by atoms with Crippen LogP contribution in [-0.2, 0) is 16.8 Å². The maximum Gasteiger partial charge on any atom is 0.106 e. The first-order valence-corrected chi connectivity index (χ1v) is 5.75. The molecule has 2 heteroatoms. The normalized spacial score (nSPS) is 29.4. The van der Waals surface area contributed by atoms with E-state index in [2.05, 4.69) is 30.4 Å². The van der Waals surface area contributed by atoms with Crippen LogP contribution in [0, 0.1) is 6.92 Å². The summed E-state index contributed by atoms with van der Waals surface area (Å²) in [6.45, 7) is 4.96. The molecule has 2 nitrogen and oxygen atoms in total. The van der Waals surface area contributed by atoms with Crippen LogP contribution >= 0.6 is 0 Å². The molecule has 1 saturated heterocycles. The summed E-state index contributed by atoms with van der Waals surface area (Å²) in [7, 11) is 0. The second kappa shape index (κ2) is 3.32. The average molecular weight is 203 g/mol. The summed E-state index contributed by atoms with van der Waals surface area (Å²) in [5.74, 6) is 0. The standard InChI is InChI=1S/C13H17NO/c1-10-2-3-11-4-5-13(12(11)8-10)9-14-6-7-15-13/h2-3,8,14H,4-7,9H2,1H3. The van der Waals surface area contributed by atoms with E-state index in [1.165, 1.54) is 16.7 Å². The molecule has 1 heterocycles. The molecule has 80 valence electrons. The lowest BCUT2D eigenvalue weighted by Gasteiger charge is -2.35. The first kappa shape index (κ1) is 9.37. The monoisotopic (exact) mass is 203 g/mol. The number of benzene rings is 1. The Kier molecular flexibility index (Phi) is 2.08. The fraction of sp³-hybridized carbons (Fsp3) is 0.538. The molecule has 3 rings (SSSR count). The summed E-state index contributed by atoms with van der Waals surface area (Å²) in [5.41, 5.74) is 4.22. The van der Waals surface area contributed by atoms with E-state index in [-0.39, 0.29) is 5.60 Å². The van der Waals surface area contributed by atoms with Crippen LogP contribution in [0.1, 0.15) is 23.1 Å². The van der Waals surface area contributed by atoms with Crippen molar-refractivity contribution in [2.24, 2.45) is 0 Å². The topological polar surface area (TPSA) is 21.3 Å². The summed E-state index contributed by atoms with van der Waals surface area (Å²) < 4.78 is 6.05. The number of ether oxygens (including phenoxy) is 1. The van der Waals surface area contributed by atoms with Gasteiger partial charge < -0.3 is 10.1 Å². The third-order valence-corrected chi connectivity index (χ3v) is 3.62. The highest BCUT2D eigenvalue weighted by molar-refractivity contribution is 5.40. The quantitative estimate of drug-likeness (QED) is 0.693. The summed E-state index contributed by atoms with van der Waals surface area (Å²) in [5, 5.41) is 3.45. The molecule has 1 unspecified atom stereocenters. The Morgan fingerprint density at radius 2 is 2.33 bits per heavy atom. The average Bonchev–Trinajstić information content (AvgIpc) is 2.59. The number of hydrogen-bond donors (Lipinski definition) is 1. The van der Waals surface area contributed by atoms with Gasteiger partial charge in [-0.05, 0) is 30.9 Å². The summed E-state index contributed by atoms with van der Waals surface area (Å²) in [4.78, 5) is 0. The van der Waals surface area contributed by atoms with Gasteiger partial charge in [0.05, 0.1) is 6.61 Å². The van der Waals surface area contributed by atoms with Gasteiger partial charge in [0.25, 0.3) is 0 Å². The molecule has 1 aromatic rings. The van der Waals surface area contributed by atoms with Crippen LogP contribution in [0.2, 0.25) is 0 Å². The van der Waals surface area contributed by atoms with Crippen molar-refractivity contribution in [1.29, 1.82) is 0 Å². The van der Waals surface area contributed by atoms with Crippen LogP contribution < -0.4 is 5.32 Å². The minimum atomic E-state index is -0.0143. The molecule has 0 amide bonds. The Bertz CT molecular complexity index is 375. The van der Waals surface area contributed by atoms with Crippen molar-refractivity contribution >= 4 is 0 Å². The zero-order valence-corrected chi connectivity index (χ0v) is 9.18. The zero-order chi connectivity index (χ0) is 10.3. The lowest BCUT2D eigenvalue weighted by molar-refractivity contribution is -0.0695. The number of nitrogens with one attached hydrogen (secondary N) is 1.